The van der Waals surface area contributed by atoms with Crippen molar-refractivity contribution in [2.24, 2.45) is 0 Å². The molecule has 0 aliphatic carbocycles. The molecule has 0 spiro atoms. The molecule has 6 heteroatoms. The summed E-state index contributed by atoms with van der Waals surface area (Å²) in [4.78, 5) is 17.6. The van der Waals surface area contributed by atoms with Crippen LogP contribution in [0.4, 0.5) is 5.95 Å². The van der Waals surface area contributed by atoms with Gasteiger partial charge in [0.05, 0.1) is 5.69 Å². The van der Waals surface area contributed by atoms with Gasteiger partial charge in [-0.2, -0.15) is 9.61 Å². The summed E-state index contributed by atoms with van der Waals surface area (Å²) in [5.41, 5.74) is 6.24. The van der Waals surface area contributed by atoms with Gasteiger partial charge in [0, 0.05) is 0 Å². The predicted molar refractivity (Wildman–Crippen MR) is 42.8 cm³/mol. The van der Waals surface area contributed by atoms with Crippen molar-refractivity contribution >= 4 is 11.5 Å². The zero-order valence-electron chi connectivity index (χ0n) is 6.40. The molecule has 0 fully saturated rings. The van der Waals surface area contributed by atoms with Gasteiger partial charge in [0.2, 0.25) is 5.95 Å². The number of rotatable bonds is 0. The van der Waals surface area contributed by atoms with Crippen LogP contribution in [0.15, 0.2) is 11.1 Å². The third-order valence-corrected chi connectivity index (χ3v) is 1.64. The summed E-state index contributed by atoms with van der Waals surface area (Å²) in [7, 11) is 0. The van der Waals surface area contributed by atoms with E-state index in [2.05, 4.69) is 15.1 Å². The van der Waals surface area contributed by atoms with Crippen molar-refractivity contribution in [1.29, 1.82) is 0 Å². The van der Waals surface area contributed by atoms with E-state index in [1.807, 2.05) is 0 Å². The molecule has 0 aromatic carbocycles. The van der Waals surface area contributed by atoms with Crippen LogP contribution in [0.25, 0.3) is 5.52 Å². The van der Waals surface area contributed by atoms with E-state index in [1.54, 1.807) is 6.92 Å². The minimum atomic E-state index is -0.230. The Morgan fingerprint density at radius 2 is 2.42 bits per heavy atom. The highest BCUT2D eigenvalue weighted by atomic mass is 16.1. The quantitative estimate of drug-likeness (QED) is 0.540. The number of nitrogens with zero attached hydrogens (tertiary/aromatic N) is 3. The highest BCUT2D eigenvalue weighted by molar-refractivity contribution is 5.53. The van der Waals surface area contributed by atoms with Crippen LogP contribution in [0.3, 0.4) is 0 Å². The van der Waals surface area contributed by atoms with E-state index in [-0.39, 0.29) is 11.5 Å². The third kappa shape index (κ3) is 0.714. The molecule has 0 radical (unpaired) electrons. The first-order valence-corrected chi connectivity index (χ1v) is 3.38. The third-order valence-electron chi connectivity index (χ3n) is 1.64. The Morgan fingerprint density at radius 1 is 1.67 bits per heavy atom. The van der Waals surface area contributed by atoms with E-state index in [0.29, 0.717) is 11.2 Å². The van der Waals surface area contributed by atoms with Gasteiger partial charge in [0.25, 0.3) is 5.56 Å². The second-order valence-electron chi connectivity index (χ2n) is 2.43. The molecule has 0 bridgehead atoms. The fraction of sp³-hybridized carbons (Fsp3) is 0.167. The second kappa shape index (κ2) is 2.07. The molecule has 0 saturated carbocycles. The van der Waals surface area contributed by atoms with Crippen LogP contribution in [0.1, 0.15) is 5.69 Å². The zero-order valence-corrected chi connectivity index (χ0v) is 6.40. The molecule has 0 saturated heterocycles. The van der Waals surface area contributed by atoms with Crippen LogP contribution < -0.4 is 11.3 Å². The topological polar surface area (TPSA) is 89.1 Å². The normalized spacial score (nSPS) is 10.8. The van der Waals surface area contributed by atoms with Gasteiger partial charge in [-0.15, -0.1) is 0 Å². The SMILES string of the molecule is Cc1nc(N)n2nc[nH]c(=O)c12. The van der Waals surface area contributed by atoms with Gasteiger partial charge in [-0.05, 0) is 6.92 Å². The first-order chi connectivity index (χ1) is 5.70. The van der Waals surface area contributed by atoms with Gasteiger partial charge in [-0.1, -0.05) is 0 Å². The molecular formula is C6H7N5O. The van der Waals surface area contributed by atoms with E-state index in [0.717, 1.165) is 0 Å². The fourth-order valence-corrected chi connectivity index (χ4v) is 1.13. The number of nitrogens with two attached hydrogens (primary N) is 1. The summed E-state index contributed by atoms with van der Waals surface area (Å²) in [6, 6.07) is 0. The summed E-state index contributed by atoms with van der Waals surface area (Å²) in [6.45, 7) is 1.71. The number of aryl methyl sites for hydroxylation is 1. The Balaban J connectivity index is 3.09. The van der Waals surface area contributed by atoms with Gasteiger partial charge in [0.1, 0.15) is 6.33 Å². The molecule has 12 heavy (non-hydrogen) atoms. The van der Waals surface area contributed by atoms with Gasteiger partial charge in [-0.25, -0.2) is 4.98 Å². The van der Waals surface area contributed by atoms with Crippen LogP contribution in [0.2, 0.25) is 0 Å². The average Bonchev–Trinajstić information content (AvgIpc) is 2.29. The first-order valence-electron chi connectivity index (χ1n) is 3.38. The molecule has 0 amide bonds. The molecule has 6 nitrogen and oxygen atoms in total. The van der Waals surface area contributed by atoms with Crippen molar-refractivity contribution in [1.82, 2.24) is 19.6 Å². The molecule has 62 valence electrons. The number of H-pyrrole nitrogens is 1. The minimum absolute atomic E-state index is 0.230. The molecular weight excluding hydrogens is 158 g/mol. The monoisotopic (exact) mass is 165 g/mol. The number of aromatic amines is 1. The van der Waals surface area contributed by atoms with Crippen LogP contribution in [0.5, 0.6) is 0 Å². The summed E-state index contributed by atoms with van der Waals surface area (Å²) in [5, 5.41) is 3.84. The maximum atomic E-state index is 11.2. The molecule has 3 N–H and O–H groups in total. The van der Waals surface area contributed by atoms with Gasteiger partial charge < -0.3 is 10.7 Å². The van der Waals surface area contributed by atoms with Crippen molar-refractivity contribution in [3.63, 3.8) is 0 Å². The Morgan fingerprint density at radius 3 is 3.08 bits per heavy atom. The number of anilines is 1. The molecule has 2 heterocycles. The molecule has 0 atom stereocenters. The van der Waals surface area contributed by atoms with Crippen molar-refractivity contribution in [2.75, 3.05) is 5.73 Å². The van der Waals surface area contributed by atoms with Crippen LogP contribution >= 0.6 is 0 Å². The Kier molecular flexibility index (Phi) is 1.18. The van der Waals surface area contributed by atoms with E-state index < -0.39 is 0 Å². The molecule has 2 aromatic rings. The van der Waals surface area contributed by atoms with Crippen LogP contribution in [-0.2, 0) is 0 Å². The highest BCUT2D eigenvalue weighted by Crippen LogP contribution is 2.05. The van der Waals surface area contributed by atoms with Gasteiger partial charge in [0.15, 0.2) is 5.52 Å². The Bertz CT molecular complexity index is 482. The lowest BCUT2D eigenvalue weighted by atomic mass is 10.4. The first kappa shape index (κ1) is 6.84. The van der Waals surface area contributed by atoms with Crippen molar-refractivity contribution in [3.8, 4) is 0 Å². The maximum absolute atomic E-state index is 11.2. The molecule has 2 rings (SSSR count). The van der Waals surface area contributed by atoms with E-state index in [1.165, 1.54) is 10.8 Å². The smallest absolute Gasteiger partial charge is 0.277 e. The Hall–Kier alpha value is -1.85. The largest absolute Gasteiger partial charge is 0.368 e. The number of fused-ring (bicyclic) bond motifs is 1. The fourth-order valence-electron chi connectivity index (χ4n) is 1.13. The molecule has 0 aliphatic heterocycles. The standard InChI is InChI=1S/C6H7N5O/c1-3-4-5(12)8-2-9-11(4)6(7)10-3/h2H,1H3,(H2,7,10)(H,8,9,12). The molecule has 0 unspecified atom stereocenters. The number of nitrogen functional groups attached to an aromatic ring is 1. The summed E-state index contributed by atoms with van der Waals surface area (Å²) >= 11 is 0. The van der Waals surface area contributed by atoms with Crippen molar-refractivity contribution in [3.05, 3.63) is 22.4 Å². The lowest BCUT2D eigenvalue weighted by molar-refractivity contribution is 0.890. The summed E-state index contributed by atoms with van der Waals surface area (Å²) < 4.78 is 1.31. The number of aromatic nitrogens is 4. The zero-order chi connectivity index (χ0) is 8.72. The van der Waals surface area contributed by atoms with Crippen LogP contribution in [-0.4, -0.2) is 19.6 Å². The highest BCUT2D eigenvalue weighted by Gasteiger charge is 2.07. The lowest BCUT2D eigenvalue weighted by Crippen LogP contribution is -2.11. The van der Waals surface area contributed by atoms with E-state index in [9.17, 15) is 4.79 Å². The summed E-state index contributed by atoms with van der Waals surface area (Å²) in [5.74, 6) is 0.230. The van der Waals surface area contributed by atoms with Gasteiger partial charge in [-0.3, -0.25) is 4.79 Å². The second-order valence-corrected chi connectivity index (χ2v) is 2.43. The maximum Gasteiger partial charge on any atom is 0.277 e. The summed E-state index contributed by atoms with van der Waals surface area (Å²) in [6.07, 6.45) is 1.28. The van der Waals surface area contributed by atoms with Crippen molar-refractivity contribution in [2.45, 2.75) is 6.92 Å². The number of nitrogens with one attached hydrogen (secondary N) is 1. The lowest BCUT2D eigenvalue weighted by Gasteiger charge is -1.90. The van der Waals surface area contributed by atoms with Crippen LogP contribution in [0, 0.1) is 6.92 Å². The minimum Gasteiger partial charge on any atom is -0.368 e. The van der Waals surface area contributed by atoms with Crippen molar-refractivity contribution < 1.29 is 0 Å². The average molecular weight is 165 g/mol. The van der Waals surface area contributed by atoms with E-state index in [4.69, 9.17) is 5.73 Å². The predicted octanol–water partition coefficient (Wildman–Crippen LogP) is -0.692. The number of hydrogen-bond donors (Lipinski definition) is 2. The molecule has 2 aromatic heterocycles. The number of imidazole rings is 1. The molecule has 0 aliphatic rings. The van der Waals surface area contributed by atoms with Gasteiger partial charge >= 0.3 is 0 Å². The Labute approximate surface area is 67.0 Å². The number of hydrogen-bond acceptors (Lipinski definition) is 4. The van der Waals surface area contributed by atoms with E-state index >= 15 is 0 Å².